The molecule has 0 spiro atoms. The van der Waals surface area contributed by atoms with Crippen LogP contribution in [-0.2, 0) is 4.74 Å². The molecule has 0 unspecified atom stereocenters. The van der Waals surface area contributed by atoms with Crippen molar-refractivity contribution in [3.8, 4) is 10.6 Å². The van der Waals surface area contributed by atoms with Crippen molar-refractivity contribution in [3.63, 3.8) is 0 Å². The van der Waals surface area contributed by atoms with Crippen molar-refractivity contribution < 1.29 is 14.3 Å². The molecule has 0 aliphatic heterocycles. The average molecular weight is 366 g/mol. The summed E-state index contributed by atoms with van der Waals surface area (Å²) in [5.41, 5.74) is 3.69. The van der Waals surface area contributed by atoms with Gasteiger partial charge in [-0.3, -0.25) is 4.79 Å². The summed E-state index contributed by atoms with van der Waals surface area (Å²) in [5, 5.41) is 3.62. The van der Waals surface area contributed by atoms with Crippen molar-refractivity contribution in [2.45, 2.75) is 13.8 Å². The standard InChI is InChI=1S/C20H18N2O3S/c1-12-9-15(10-16(13(12)2)20(24)25-3)22-18(23)17-11-21-19(26-17)14-7-5-4-6-8-14/h4-11H,1-3H3,(H,22,23). The number of carbonyl (C=O) groups is 2. The van der Waals surface area contributed by atoms with Crippen molar-refractivity contribution >= 4 is 28.9 Å². The molecule has 1 N–H and O–H groups in total. The minimum Gasteiger partial charge on any atom is -0.465 e. The van der Waals surface area contributed by atoms with Gasteiger partial charge in [0.05, 0.1) is 18.9 Å². The Morgan fingerprint density at radius 3 is 2.54 bits per heavy atom. The molecule has 0 atom stereocenters. The largest absolute Gasteiger partial charge is 0.465 e. The van der Waals surface area contributed by atoms with E-state index < -0.39 is 5.97 Å². The molecule has 1 amide bonds. The normalized spacial score (nSPS) is 10.4. The van der Waals surface area contributed by atoms with Crippen LogP contribution >= 0.6 is 11.3 Å². The molecule has 0 saturated heterocycles. The highest BCUT2D eigenvalue weighted by Crippen LogP contribution is 2.26. The first-order valence-corrected chi connectivity index (χ1v) is 8.83. The predicted octanol–water partition coefficient (Wildman–Crippen LogP) is 4.47. The van der Waals surface area contributed by atoms with Crippen molar-refractivity contribution in [1.29, 1.82) is 0 Å². The third-order valence-corrected chi connectivity index (χ3v) is 5.13. The predicted molar refractivity (Wildman–Crippen MR) is 103 cm³/mol. The van der Waals surface area contributed by atoms with E-state index in [1.165, 1.54) is 18.4 Å². The number of hydrogen-bond donors (Lipinski definition) is 1. The zero-order valence-electron chi connectivity index (χ0n) is 14.7. The molecule has 0 aliphatic rings. The van der Waals surface area contributed by atoms with Crippen molar-refractivity contribution in [1.82, 2.24) is 4.98 Å². The molecule has 0 bridgehead atoms. The Kier molecular flexibility index (Phi) is 5.14. The molecule has 0 radical (unpaired) electrons. The smallest absolute Gasteiger partial charge is 0.338 e. The zero-order valence-corrected chi connectivity index (χ0v) is 15.5. The highest BCUT2D eigenvalue weighted by atomic mass is 32.1. The van der Waals surface area contributed by atoms with Gasteiger partial charge in [-0.25, -0.2) is 9.78 Å². The van der Waals surface area contributed by atoms with E-state index in [-0.39, 0.29) is 5.91 Å². The van der Waals surface area contributed by atoms with Gasteiger partial charge in [0, 0.05) is 11.3 Å². The van der Waals surface area contributed by atoms with E-state index in [2.05, 4.69) is 10.3 Å². The summed E-state index contributed by atoms with van der Waals surface area (Å²) in [6, 6.07) is 13.2. The van der Waals surface area contributed by atoms with E-state index in [9.17, 15) is 9.59 Å². The summed E-state index contributed by atoms with van der Waals surface area (Å²) in [5.74, 6) is -0.686. The third-order valence-electron chi connectivity index (χ3n) is 4.08. The second-order valence-corrected chi connectivity index (χ2v) is 6.84. The van der Waals surface area contributed by atoms with Crippen LogP contribution in [0, 0.1) is 13.8 Å². The Bertz CT molecular complexity index is 964. The molecule has 3 rings (SSSR count). The zero-order chi connectivity index (χ0) is 18.7. The summed E-state index contributed by atoms with van der Waals surface area (Å²) in [4.78, 5) is 29.3. The molecule has 26 heavy (non-hydrogen) atoms. The van der Waals surface area contributed by atoms with Crippen LogP contribution in [0.5, 0.6) is 0 Å². The van der Waals surface area contributed by atoms with E-state index in [0.717, 1.165) is 21.7 Å². The number of aromatic nitrogens is 1. The number of nitrogens with one attached hydrogen (secondary N) is 1. The first kappa shape index (κ1) is 17.8. The fourth-order valence-electron chi connectivity index (χ4n) is 2.54. The molecular formula is C20H18N2O3S. The fourth-order valence-corrected chi connectivity index (χ4v) is 3.36. The Morgan fingerprint density at radius 1 is 1.12 bits per heavy atom. The maximum absolute atomic E-state index is 12.5. The third kappa shape index (κ3) is 3.65. The number of rotatable bonds is 4. The maximum Gasteiger partial charge on any atom is 0.338 e. The summed E-state index contributed by atoms with van der Waals surface area (Å²) < 4.78 is 4.81. The van der Waals surface area contributed by atoms with Crippen LogP contribution in [0.2, 0.25) is 0 Å². The number of aryl methyl sites for hydroxylation is 1. The van der Waals surface area contributed by atoms with Gasteiger partial charge in [-0.2, -0.15) is 0 Å². The van der Waals surface area contributed by atoms with Gasteiger partial charge in [0.25, 0.3) is 5.91 Å². The van der Waals surface area contributed by atoms with Crippen molar-refractivity contribution in [3.05, 3.63) is 70.2 Å². The Balaban J connectivity index is 1.84. The number of nitrogens with zero attached hydrogens (tertiary/aromatic N) is 1. The number of ether oxygens (including phenoxy) is 1. The Morgan fingerprint density at radius 2 is 1.85 bits per heavy atom. The number of esters is 1. The van der Waals surface area contributed by atoms with E-state index in [0.29, 0.717) is 16.1 Å². The lowest BCUT2D eigenvalue weighted by molar-refractivity contribution is 0.0599. The Labute approximate surface area is 155 Å². The van der Waals surface area contributed by atoms with Gasteiger partial charge in [-0.15, -0.1) is 11.3 Å². The number of benzene rings is 2. The molecule has 5 nitrogen and oxygen atoms in total. The number of carbonyl (C=O) groups excluding carboxylic acids is 2. The summed E-state index contributed by atoms with van der Waals surface area (Å²) in [6.07, 6.45) is 1.56. The topological polar surface area (TPSA) is 68.3 Å². The van der Waals surface area contributed by atoms with Gasteiger partial charge in [-0.05, 0) is 37.1 Å². The molecule has 6 heteroatoms. The van der Waals surface area contributed by atoms with Gasteiger partial charge < -0.3 is 10.1 Å². The molecule has 3 aromatic rings. The minimum absolute atomic E-state index is 0.260. The lowest BCUT2D eigenvalue weighted by Crippen LogP contribution is -2.12. The molecule has 0 saturated carbocycles. The molecule has 1 aromatic heterocycles. The van der Waals surface area contributed by atoms with E-state index in [4.69, 9.17) is 4.74 Å². The van der Waals surface area contributed by atoms with E-state index in [1.54, 1.807) is 12.3 Å². The molecule has 132 valence electrons. The second kappa shape index (κ2) is 7.49. The SMILES string of the molecule is COC(=O)c1cc(NC(=O)c2cnc(-c3ccccc3)s2)cc(C)c1C. The average Bonchev–Trinajstić information content (AvgIpc) is 3.15. The van der Waals surface area contributed by atoms with Crippen LogP contribution in [0.25, 0.3) is 10.6 Å². The lowest BCUT2D eigenvalue weighted by Gasteiger charge is -2.11. The number of anilines is 1. The quantitative estimate of drug-likeness (QED) is 0.692. The van der Waals surface area contributed by atoms with Gasteiger partial charge >= 0.3 is 5.97 Å². The summed E-state index contributed by atoms with van der Waals surface area (Å²) in [6.45, 7) is 3.74. The number of methoxy groups -OCH3 is 1. The van der Waals surface area contributed by atoms with Crippen LogP contribution < -0.4 is 5.32 Å². The van der Waals surface area contributed by atoms with Gasteiger partial charge in [0.1, 0.15) is 9.88 Å². The molecule has 2 aromatic carbocycles. The van der Waals surface area contributed by atoms with Crippen LogP contribution in [0.4, 0.5) is 5.69 Å². The first-order valence-electron chi connectivity index (χ1n) is 8.01. The van der Waals surface area contributed by atoms with E-state index in [1.807, 2.05) is 50.2 Å². The van der Waals surface area contributed by atoms with E-state index >= 15 is 0 Å². The van der Waals surface area contributed by atoms with Crippen molar-refractivity contribution in [2.24, 2.45) is 0 Å². The number of amides is 1. The van der Waals surface area contributed by atoms with Crippen LogP contribution in [0.3, 0.4) is 0 Å². The first-order chi connectivity index (χ1) is 12.5. The summed E-state index contributed by atoms with van der Waals surface area (Å²) in [7, 11) is 1.34. The van der Waals surface area contributed by atoms with Gasteiger partial charge in [0.2, 0.25) is 0 Å². The molecule has 0 fully saturated rings. The highest BCUT2D eigenvalue weighted by Gasteiger charge is 2.16. The summed E-state index contributed by atoms with van der Waals surface area (Å²) >= 11 is 1.32. The van der Waals surface area contributed by atoms with Gasteiger partial charge in [-0.1, -0.05) is 30.3 Å². The van der Waals surface area contributed by atoms with Crippen LogP contribution in [-0.4, -0.2) is 24.0 Å². The maximum atomic E-state index is 12.5. The van der Waals surface area contributed by atoms with Crippen LogP contribution in [0.15, 0.2) is 48.7 Å². The fraction of sp³-hybridized carbons (Fsp3) is 0.150. The lowest BCUT2D eigenvalue weighted by atomic mass is 10.0. The second-order valence-electron chi connectivity index (χ2n) is 5.81. The molecular weight excluding hydrogens is 348 g/mol. The molecule has 1 heterocycles. The number of hydrogen-bond acceptors (Lipinski definition) is 5. The minimum atomic E-state index is -0.425. The van der Waals surface area contributed by atoms with Crippen molar-refractivity contribution in [2.75, 3.05) is 12.4 Å². The highest BCUT2D eigenvalue weighted by molar-refractivity contribution is 7.17. The van der Waals surface area contributed by atoms with Crippen LogP contribution in [0.1, 0.15) is 31.2 Å². The number of thiazole rings is 1. The van der Waals surface area contributed by atoms with Gasteiger partial charge in [0.15, 0.2) is 0 Å². The molecule has 0 aliphatic carbocycles. The Hall–Kier alpha value is -2.99. The monoisotopic (exact) mass is 366 g/mol.